The Morgan fingerprint density at radius 1 is 1.48 bits per heavy atom. The average molecular weight is 407 g/mol. The molecule has 152 valence electrons. The number of hydrogen-bond donors (Lipinski definition) is 5. The van der Waals surface area contributed by atoms with Gasteiger partial charge in [0, 0.05) is 19.2 Å². The first-order valence-corrected chi connectivity index (χ1v) is 9.68. The molecule has 1 amide bonds. The van der Waals surface area contributed by atoms with Crippen LogP contribution < -0.4 is 16.6 Å². The maximum atomic E-state index is 12.1. The number of hydrogen-bond acceptors (Lipinski definition) is 7. The van der Waals surface area contributed by atoms with Gasteiger partial charge in [-0.1, -0.05) is 13.8 Å². The van der Waals surface area contributed by atoms with Crippen molar-refractivity contribution in [3.05, 3.63) is 32.6 Å². The molecule has 0 aliphatic carbocycles. The number of carbonyl (C=O) groups excluding carboxylic acids is 1. The third-order valence-corrected chi connectivity index (χ3v) is 4.29. The lowest BCUT2D eigenvalue weighted by Crippen LogP contribution is -2.39. The van der Waals surface area contributed by atoms with Crippen LogP contribution in [0.5, 0.6) is 0 Å². The number of nitrogens with one attached hydrogen (secondary N) is 2. The zero-order valence-electron chi connectivity index (χ0n) is 14.7. The summed E-state index contributed by atoms with van der Waals surface area (Å²) in [6.45, 7) is 3.48. The summed E-state index contributed by atoms with van der Waals surface area (Å²) in [5.74, 6) is -0.513. The molecule has 1 aliphatic heterocycles. The molecule has 2 heterocycles. The molecular formula is C14H22N3O9P. The van der Waals surface area contributed by atoms with Gasteiger partial charge in [-0.3, -0.25) is 23.7 Å². The van der Waals surface area contributed by atoms with E-state index in [-0.39, 0.29) is 17.9 Å². The lowest BCUT2D eigenvalue weighted by molar-refractivity contribution is -0.0451. The minimum Gasteiger partial charge on any atom is -0.390 e. The number of phosphoric acid groups is 1. The SMILES string of the molecule is CC(C)CNC(=O)c1cn([C@H]2C[C@H](O)[C@@H](COP(=O)(O)O)O2)c(=O)[nH]c1=O. The summed E-state index contributed by atoms with van der Waals surface area (Å²) in [5.41, 5.74) is -2.02. The number of aliphatic hydroxyl groups excluding tert-OH is 1. The molecule has 3 atom stereocenters. The molecule has 0 unspecified atom stereocenters. The summed E-state index contributed by atoms with van der Waals surface area (Å²) in [7, 11) is -4.75. The predicted molar refractivity (Wildman–Crippen MR) is 91.0 cm³/mol. The molecule has 1 fully saturated rings. The van der Waals surface area contributed by atoms with Crippen LogP contribution >= 0.6 is 7.82 Å². The molecule has 0 spiro atoms. The lowest BCUT2D eigenvalue weighted by atomic mass is 10.2. The van der Waals surface area contributed by atoms with Crippen LogP contribution in [0.1, 0.15) is 36.9 Å². The molecular weight excluding hydrogens is 385 g/mol. The molecule has 0 saturated carbocycles. The molecule has 13 heteroatoms. The summed E-state index contributed by atoms with van der Waals surface area (Å²) in [6.07, 6.45) is -2.39. The van der Waals surface area contributed by atoms with E-state index < -0.39 is 50.0 Å². The first-order chi connectivity index (χ1) is 12.5. The minimum absolute atomic E-state index is 0.103. The third-order valence-electron chi connectivity index (χ3n) is 3.80. The first kappa shape index (κ1) is 21.5. The highest BCUT2D eigenvalue weighted by Gasteiger charge is 2.37. The van der Waals surface area contributed by atoms with Crippen LogP contribution in [-0.2, 0) is 13.8 Å². The van der Waals surface area contributed by atoms with Gasteiger partial charge in [-0.05, 0) is 5.92 Å². The zero-order chi connectivity index (χ0) is 20.4. The van der Waals surface area contributed by atoms with Crippen LogP contribution in [0.25, 0.3) is 0 Å². The van der Waals surface area contributed by atoms with E-state index in [0.29, 0.717) is 6.54 Å². The van der Waals surface area contributed by atoms with Crippen molar-refractivity contribution in [2.24, 2.45) is 5.92 Å². The lowest BCUT2D eigenvalue weighted by Gasteiger charge is -2.17. The third kappa shape index (κ3) is 5.83. The van der Waals surface area contributed by atoms with E-state index in [1.807, 2.05) is 18.8 Å². The largest absolute Gasteiger partial charge is 0.469 e. The quantitative estimate of drug-likeness (QED) is 0.343. The van der Waals surface area contributed by atoms with Gasteiger partial charge >= 0.3 is 13.5 Å². The van der Waals surface area contributed by atoms with Gasteiger partial charge in [-0.15, -0.1) is 0 Å². The molecule has 1 aliphatic rings. The van der Waals surface area contributed by atoms with E-state index in [0.717, 1.165) is 10.8 Å². The second-order valence-electron chi connectivity index (χ2n) is 6.53. The average Bonchev–Trinajstić information content (AvgIpc) is 2.90. The topological polar surface area (TPSA) is 180 Å². The number of rotatable bonds is 7. The van der Waals surface area contributed by atoms with Gasteiger partial charge in [0.2, 0.25) is 0 Å². The van der Waals surface area contributed by atoms with Crippen molar-refractivity contribution in [2.75, 3.05) is 13.2 Å². The second-order valence-corrected chi connectivity index (χ2v) is 7.77. The molecule has 2 rings (SSSR count). The molecule has 1 saturated heterocycles. The van der Waals surface area contributed by atoms with Crippen LogP contribution in [0.2, 0.25) is 0 Å². The van der Waals surface area contributed by atoms with Gasteiger partial charge in [-0.2, -0.15) is 0 Å². The Labute approximate surface area is 153 Å². The Morgan fingerprint density at radius 2 is 2.15 bits per heavy atom. The van der Waals surface area contributed by atoms with E-state index in [2.05, 4.69) is 9.84 Å². The van der Waals surface area contributed by atoms with Crippen LogP contribution in [0.15, 0.2) is 15.8 Å². The summed E-state index contributed by atoms with van der Waals surface area (Å²) in [5, 5.41) is 12.5. The van der Waals surface area contributed by atoms with Crippen molar-refractivity contribution < 1.29 is 33.5 Å². The number of carbonyl (C=O) groups is 1. The highest BCUT2D eigenvalue weighted by molar-refractivity contribution is 7.46. The highest BCUT2D eigenvalue weighted by atomic mass is 31.2. The van der Waals surface area contributed by atoms with Crippen LogP contribution in [0, 0.1) is 5.92 Å². The van der Waals surface area contributed by atoms with Crippen molar-refractivity contribution >= 4 is 13.7 Å². The Hall–Kier alpha value is -1.82. The van der Waals surface area contributed by atoms with Crippen molar-refractivity contribution in [3.8, 4) is 0 Å². The van der Waals surface area contributed by atoms with E-state index in [4.69, 9.17) is 14.5 Å². The molecule has 0 radical (unpaired) electrons. The molecule has 0 bridgehead atoms. The maximum absolute atomic E-state index is 12.1. The monoisotopic (exact) mass is 407 g/mol. The fourth-order valence-electron chi connectivity index (χ4n) is 2.46. The van der Waals surface area contributed by atoms with Crippen molar-refractivity contribution in [3.63, 3.8) is 0 Å². The number of aromatic nitrogens is 2. The van der Waals surface area contributed by atoms with Gasteiger partial charge in [0.1, 0.15) is 17.9 Å². The number of aliphatic hydroxyl groups is 1. The summed E-state index contributed by atoms with van der Waals surface area (Å²) in [4.78, 5) is 55.6. The Kier molecular flexibility index (Phi) is 6.73. The van der Waals surface area contributed by atoms with Crippen LogP contribution in [0.3, 0.4) is 0 Å². The Balaban J connectivity index is 2.20. The number of phosphoric ester groups is 1. The van der Waals surface area contributed by atoms with Crippen molar-refractivity contribution in [1.82, 2.24) is 14.9 Å². The minimum atomic E-state index is -4.75. The number of H-pyrrole nitrogens is 1. The number of aromatic amines is 1. The van der Waals surface area contributed by atoms with Crippen LogP contribution in [0.4, 0.5) is 0 Å². The standard InChI is InChI=1S/C14H22N3O9P/c1-7(2)4-15-12(19)8-5-17(14(21)16-13(8)20)11-3-9(18)10(26-11)6-25-27(22,23)24/h5,7,9-11,18H,3-4,6H2,1-2H3,(H,15,19)(H,16,20,21)(H2,22,23,24)/t9-,10+,11+/m0/s1. The Morgan fingerprint density at radius 3 is 2.74 bits per heavy atom. The fraction of sp³-hybridized carbons (Fsp3) is 0.643. The van der Waals surface area contributed by atoms with E-state index in [1.165, 1.54) is 0 Å². The number of amides is 1. The summed E-state index contributed by atoms with van der Waals surface area (Å²) < 4.78 is 21.4. The van der Waals surface area contributed by atoms with Crippen molar-refractivity contribution in [2.45, 2.75) is 38.7 Å². The normalized spacial score (nSPS) is 23.0. The number of nitrogens with zero attached hydrogens (tertiary/aromatic N) is 1. The van der Waals surface area contributed by atoms with Gasteiger partial charge in [0.15, 0.2) is 0 Å². The van der Waals surface area contributed by atoms with E-state index >= 15 is 0 Å². The van der Waals surface area contributed by atoms with Gasteiger partial charge < -0.3 is 24.9 Å². The molecule has 1 aromatic heterocycles. The summed E-state index contributed by atoms with van der Waals surface area (Å²) in [6, 6.07) is 0. The zero-order valence-corrected chi connectivity index (χ0v) is 15.6. The first-order valence-electron chi connectivity index (χ1n) is 8.15. The Bertz CT molecular complexity index is 843. The molecule has 0 aromatic carbocycles. The van der Waals surface area contributed by atoms with Crippen molar-refractivity contribution in [1.29, 1.82) is 0 Å². The fourth-order valence-corrected chi connectivity index (χ4v) is 2.80. The van der Waals surface area contributed by atoms with E-state index in [9.17, 15) is 24.1 Å². The van der Waals surface area contributed by atoms with Gasteiger partial charge in [-0.25, -0.2) is 9.36 Å². The molecule has 12 nitrogen and oxygen atoms in total. The smallest absolute Gasteiger partial charge is 0.390 e. The summed E-state index contributed by atoms with van der Waals surface area (Å²) >= 11 is 0. The van der Waals surface area contributed by atoms with Gasteiger partial charge in [0.25, 0.3) is 11.5 Å². The highest BCUT2D eigenvalue weighted by Crippen LogP contribution is 2.38. The van der Waals surface area contributed by atoms with Gasteiger partial charge in [0.05, 0.1) is 12.7 Å². The second kappa shape index (κ2) is 8.46. The molecule has 27 heavy (non-hydrogen) atoms. The predicted octanol–water partition coefficient (Wildman–Crippen LogP) is -1.32. The van der Waals surface area contributed by atoms with E-state index in [1.54, 1.807) is 0 Å². The number of ether oxygens (including phenoxy) is 1. The van der Waals surface area contributed by atoms with Crippen LogP contribution in [-0.4, -0.2) is 55.7 Å². The molecule has 5 N–H and O–H groups in total. The molecule has 1 aromatic rings. The maximum Gasteiger partial charge on any atom is 0.469 e.